The van der Waals surface area contributed by atoms with Crippen LogP contribution in [0.3, 0.4) is 0 Å². The first kappa shape index (κ1) is 22.1. The summed E-state index contributed by atoms with van der Waals surface area (Å²) in [6, 6.07) is 13.4. The molecule has 0 unspecified atom stereocenters. The second-order valence-electron chi connectivity index (χ2n) is 7.17. The lowest BCUT2D eigenvalue weighted by Gasteiger charge is -2.17. The van der Waals surface area contributed by atoms with Gasteiger partial charge in [-0.2, -0.15) is 8.78 Å². The first-order valence-corrected chi connectivity index (χ1v) is 9.56. The standard InChI is InChI=1S/C23H22F2N2O4/c1-14-4-9-20-17(10-14)11-19(15(2)26-20)22(29)30-13-21(28)27(3)12-16-5-7-18(8-6-16)31-23(24)25/h4-11,23H,12-13H2,1-3H3. The fourth-order valence-electron chi connectivity index (χ4n) is 3.05. The number of hydrogen-bond acceptors (Lipinski definition) is 5. The van der Waals surface area contributed by atoms with Crippen LogP contribution in [0.4, 0.5) is 8.78 Å². The molecule has 3 rings (SSSR count). The fraction of sp³-hybridized carbons (Fsp3) is 0.261. The van der Waals surface area contributed by atoms with Gasteiger partial charge in [0.2, 0.25) is 0 Å². The molecule has 1 heterocycles. The van der Waals surface area contributed by atoms with E-state index in [0.717, 1.165) is 16.5 Å². The van der Waals surface area contributed by atoms with Crippen LogP contribution < -0.4 is 4.74 Å². The van der Waals surface area contributed by atoms with Gasteiger partial charge < -0.3 is 14.4 Å². The molecule has 6 nitrogen and oxygen atoms in total. The molecular weight excluding hydrogens is 406 g/mol. The maximum absolute atomic E-state index is 12.5. The van der Waals surface area contributed by atoms with Crippen LogP contribution >= 0.6 is 0 Å². The van der Waals surface area contributed by atoms with Gasteiger partial charge in [0.15, 0.2) is 6.61 Å². The summed E-state index contributed by atoms with van der Waals surface area (Å²) in [6.45, 7) is 0.570. The van der Waals surface area contributed by atoms with E-state index < -0.39 is 25.1 Å². The molecule has 31 heavy (non-hydrogen) atoms. The molecule has 0 spiro atoms. The number of ether oxygens (including phenoxy) is 2. The number of benzene rings is 2. The van der Waals surface area contributed by atoms with Crippen LogP contribution in [0.5, 0.6) is 5.75 Å². The highest BCUT2D eigenvalue weighted by atomic mass is 19.3. The number of nitrogens with zero attached hydrogens (tertiary/aromatic N) is 2. The third kappa shape index (κ3) is 5.75. The van der Waals surface area contributed by atoms with Crippen molar-refractivity contribution in [1.82, 2.24) is 9.88 Å². The third-order valence-electron chi connectivity index (χ3n) is 4.70. The third-order valence-corrected chi connectivity index (χ3v) is 4.70. The number of amides is 1. The molecule has 0 aliphatic carbocycles. The first-order chi connectivity index (χ1) is 14.7. The van der Waals surface area contributed by atoms with Gasteiger partial charge in [-0.3, -0.25) is 9.78 Å². The van der Waals surface area contributed by atoms with Crippen LogP contribution in [0.25, 0.3) is 10.9 Å². The van der Waals surface area contributed by atoms with Gasteiger partial charge in [0.25, 0.3) is 5.91 Å². The molecule has 0 N–H and O–H groups in total. The molecule has 8 heteroatoms. The molecule has 1 aromatic heterocycles. The van der Waals surface area contributed by atoms with Gasteiger partial charge in [0.05, 0.1) is 16.8 Å². The van der Waals surface area contributed by atoms with Crippen LogP contribution in [0.1, 0.15) is 27.2 Å². The molecule has 162 valence electrons. The van der Waals surface area contributed by atoms with Crippen molar-refractivity contribution in [3.05, 3.63) is 70.9 Å². The van der Waals surface area contributed by atoms with Crippen LogP contribution in [0.2, 0.25) is 0 Å². The lowest BCUT2D eigenvalue weighted by Crippen LogP contribution is -2.31. The predicted octanol–water partition coefficient (Wildman–Crippen LogP) is 4.27. The van der Waals surface area contributed by atoms with E-state index in [1.165, 1.54) is 17.0 Å². The van der Waals surface area contributed by atoms with Crippen molar-refractivity contribution in [3.63, 3.8) is 0 Å². The summed E-state index contributed by atoms with van der Waals surface area (Å²) in [6.07, 6.45) is 0. The number of carbonyl (C=O) groups is 2. The minimum Gasteiger partial charge on any atom is -0.452 e. The molecule has 0 fully saturated rings. The normalized spacial score (nSPS) is 10.9. The van der Waals surface area contributed by atoms with Crippen molar-refractivity contribution in [2.24, 2.45) is 0 Å². The number of aryl methyl sites for hydroxylation is 2. The lowest BCUT2D eigenvalue weighted by molar-refractivity contribution is -0.133. The van der Waals surface area contributed by atoms with Crippen molar-refractivity contribution in [2.45, 2.75) is 27.0 Å². The molecule has 0 aliphatic heterocycles. The summed E-state index contributed by atoms with van der Waals surface area (Å²) < 4.78 is 33.9. The minimum absolute atomic E-state index is 0.0382. The highest BCUT2D eigenvalue weighted by molar-refractivity contribution is 5.96. The Bertz CT molecular complexity index is 1100. The number of esters is 1. The summed E-state index contributed by atoms with van der Waals surface area (Å²) in [5.41, 5.74) is 3.37. The zero-order valence-corrected chi connectivity index (χ0v) is 17.4. The number of carbonyl (C=O) groups excluding carboxylic acids is 2. The molecule has 0 saturated heterocycles. The Kier molecular flexibility index (Phi) is 6.79. The Morgan fingerprint density at radius 2 is 1.77 bits per heavy atom. The van der Waals surface area contributed by atoms with Gasteiger partial charge in [0, 0.05) is 19.0 Å². The van der Waals surface area contributed by atoms with Crippen molar-refractivity contribution in [1.29, 1.82) is 0 Å². The summed E-state index contributed by atoms with van der Waals surface area (Å²) in [7, 11) is 1.56. The van der Waals surface area contributed by atoms with Gasteiger partial charge in [-0.15, -0.1) is 0 Å². The van der Waals surface area contributed by atoms with Crippen LogP contribution in [0, 0.1) is 13.8 Å². The summed E-state index contributed by atoms with van der Waals surface area (Å²) in [4.78, 5) is 30.7. The smallest absolute Gasteiger partial charge is 0.387 e. The van der Waals surface area contributed by atoms with Crippen LogP contribution in [-0.2, 0) is 16.1 Å². The van der Waals surface area contributed by atoms with E-state index in [2.05, 4.69) is 9.72 Å². The number of aromatic nitrogens is 1. The van der Waals surface area contributed by atoms with Crippen molar-refractivity contribution < 1.29 is 27.8 Å². The molecule has 3 aromatic rings. The zero-order valence-electron chi connectivity index (χ0n) is 17.4. The molecular formula is C23H22F2N2O4. The number of halogens is 2. The molecule has 0 radical (unpaired) electrons. The molecule has 0 saturated carbocycles. The monoisotopic (exact) mass is 428 g/mol. The average Bonchev–Trinajstić information content (AvgIpc) is 2.72. The number of alkyl halides is 2. The Morgan fingerprint density at radius 1 is 1.06 bits per heavy atom. The lowest BCUT2D eigenvalue weighted by atomic mass is 10.1. The van der Waals surface area contributed by atoms with Gasteiger partial charge in [-0.25, -0.2) is 4.79 Å². The van der Waals surface area contributed by atoms with E-state index >= 15 is 0 Å². The van der Waals surface area contributed by atoms with Crippen molar-refractivity contribution in [2.75, 3.05) is 13.7 Å². The molecule has 0 aliphatic rings. The minimum atomic E-state index is -2.89. The average molecular weight is 428 g/mol. The molecule has 2 aromatic carbocycles. The van der Waals surface area contributed by atoms with E-state index in [0.29, 0.717) is 16.8 Å². The first-order valence-electron chi connectivity index (χ1n) is 9.56. The van der Waals surface area contributed by atoms with Gasteiger partial charge >= 0.3 is 12.6 Å². The maximum Gasteiger partial charge on any atom is 0.387 e. The van der Waals surface area contributed by atoms with E-state index in [1.807, 2.05) is 25.1 Å². The Morgan fingerprint density at radius 3 is 2.45 bits per heavy atom. The molecule has 0 atom stereocenters. The topological polar surface area (TPSA) is 68.7 Å². The van der Waals surface area contributed by atoms with E-state index in [-0.39, 0.29) is 12.3 Å². The highest BCUT2D eigenvalue weighted by Gasteiger charge is 2.17. The van der Waals surface area contributed by atoms with Crippen LogP contribution in [-0.4, -0.2) is 42.0 Å². The van der Waals surface area contributed by atoms with Crippen LogP contribution in [0.15, 0.2) is 48.5 Å². The van der Waals surface area contributed by atoms with E-state index in [1.54, 1.807) is 32.2 Å². The van der Waals surface area contributed by atoms with Gasteiger partial charge in [0.1, 0.15) is 5.75 Å². The number of fused-ring (bicyclic) bond motifs is 1. The van der Waals surface area contributed by atoms with Gasteiger partial charge in [-0.05, 0) is 49.7 Å². The maximum atomic E-state index is 12.5. The number of rotatable bonds is 7. The summed E-state index contributed by atoms with van der Waals surface area (Å²) in [5.74, 6) is -0.983. The highest BCUT2D eigenvalue weighted by Crippen LogP contribution is 2.19. The Labute approximate surface area is 178 Å². The summed E-state index contributed by atoms with van der Waals surface area (Å²) in [5, 5.41) is 0.820. The van der Waals surface area contributed by atoms with Crippen molar-refractivity contribution in [3.8, 4) is 5.75 Å². The van der Waals surface area contributed by atoms with Gasteiger partial charge in [-0.1, -0.05) is 23.8 Å². The Hall–Kier alpha value is -3.55. The molecule has 1 amide bonds. The number of hydrogen-bond donors (Lipinski definition) is 0. The largest absolute Gasteiger partial charge is 0.452 e. The number of pyridine rings is 1. The number of likely N-dealkylation sites (N-methyl/N-ethyl adjacent to an activating group) is 1. The second-order valence-corrected chi connectivity index (χ2v) is 7.17. The Balaban J connectivity index is 1.59. The molecule has 0 bridgehead atoms. The predicted molar refractivity (Wildman–Crippen MR) is 111 cm³/mol. The summed E-state index contributed by atoms with van der Waals surface area (Å²) >= 11 is 0. The van der Waals surface area contributed by atoms with E-state index in [4.69, 9.17) is 4.74 Å². The fourth-order valence-corrected chi connectivity index (χ4v) is 3.05. The van der Waals surface area contributed by atoms with E-state index in [9.17, 15) is 18.4 Å². The zero-order chi connectivity index (χ0) is 22.5. The SMILES string of the molecule is Cc1ccc2nc(C)c(C(=O)OCC(=O)N(C)Cc3ccc(OC(F)F)cc3)cc2c1. The second kappa shape index (κ2) is 9.51. The quantitative estimate of drug-likeness (QED) is 0.526. The van der Waals surface area contributed by atoms with Crippen molar-refractivity contribution >= 4 is 22.8 Å².